The number of amides is 1. The lowest BCUT2D eigenvalue weighted by molar-refractivity contribution is -0.141. The molecule has 1 heterocycles. The van der Waals surface area contributed by atoms with Crippen LogP contribution in [-0.4, -0.2) is 47.9 Å². The van der Waals surface area contributed by atoms with Crippen LogP contribution in [0.4, 0.5) is 4.79 Å². The molecule has 132 valence electrons. The fourth-order valence-electron chi connectivity index (χ4n) is 2.77. The highest BCUT2D eigenvalue weighted by Gasteiger charge is 2.42. The van der Waals surface area contributed by atoms with Crippen molar-refractivity contribution in [3.8, 4) is 5.75 Å². The summed E-state index contributed by atoms with van der Waals surface area (Å²) in [6.45, 7) is 5.71. The van der Waals surface area contributed by atoms with Gasteiger partial charge in [0, 0.05) is 19.0 Å². The number of ether oxygens (including phenoxy) is 2. The Labute approximate surface area is 146 Å². The third kappa shape index (κ3) is 4.12. The number of hydrogen-bond acceptors (Lipinski definition) is 4. The Morgan fingerprint density at radius 2 is 1.96 bits per heavy atom. The molecule has 1 amide bonds. The lowest BCUT2D eigenvalue weighted by Crippen LogP contribution is -2.35. The van der Waals surface area contributed by atoms with Crippen LogP contribution in [-0.2, 0) is 9.53 Å². The van der Waals surface area contributed by atoms with Crippen molar-refractivity contribution in [2.75, 3.05) is 20.2 Å². The maximum atomic E-state index is 12.2. The van der Waals surface area contributed by atoms with Gasteiger partial charge in [-0.3, -0.25) is 4.79 Å². The molecule has 1 N–H and O–H groups in total. The van der Waals surface area contributed by atoms with E-state index >= 15 is 0 Å². The average molecular weight is 356 g/mol. The lowest BCUT2D eigenvalue weighted by Gasteiger charge is -2.24. The molecule has 2 rings (SSSR count). The third-order valence-corrected chi connectivity index (χ3v) is 4.20. The van der Waals surface area contributed by atoms with Crippen LogP contribution < -0.4 is 4.74 Å². The summed E-state index contributed by atoms with van der Waals surface area (Å²) in [5.74, 6) is -1.52. The summed E-state index contributed by atoms with van der Waals surface area (Å²) in [6, 6.07) is 5.16. The molecule has 0 aliphatic carbocycles. The van der Waals surface area contributed by atoms with E-state index in [1.54, 1.807) is 39.0 Å². The molecule has 0 saturated carbocycles. The predicted octanol–water partition coefficient (Wildman–Crippen LogP) is 3.38. The number of carboxylic acids is 1. The summed E-state index contributed by atoms with van der Waals surface area (Å²) in [4.78, 5) is 25.3. The van der Waals surface area contributed by atoms with Crippen molar-refractivity contribution in [3.05, 3.63) is 28.8 Å². The molecule has 0 spiro atoms. The highest BCUT2D eigenvalue weighted by atomic mass is 35.5. The number of nitrogens with zero attached hydrogens (tertiary/aromatic N) is 1. The van der Waals surface area contributed by atoms with E-state index < -0.39 is 23.6 Å². The number of methoxy groups -OCH3 is 1. The monoisotopic (exact) mass is 355 g/mol. The number of rotatable bonds is 3. The quantitative estimate of drug-likeness (QED) is 0.899. The maximum Gasteiger partial charge on any atom is 0.410 e. The minimum atomic E-state index is -0.944. The van der Waals surface area contributed by atoms with Crippen molar-refractivity contribution in [2.45, 2.75) is 32.3 Å². The first-order valence-electron chi connectivity index (χ1n) is 7.66. The highest BCUT2D eigenvalue weighted by molar-refractivity contribution is 6.32. The summed E-state index contributed by atoms with van der Waals surface area (Å²) >= 11 is 6.03. The van der Waals surface area contributed by atoms with E-state index in [2.05, 4.69) is 0 Å². The Hall–Kier alpha value is -1.95. The molecule has 7 heteroatoms. The van der Waals surface area contributed by atoms with E-state index in [1.807, 2.05) is 0 Å². The fourth-order valence-corrected chi connectivity index (χ4v) is 2.97. The number of aliphatic carboxylic acids is 1. The van der Waals surface area contributed by atoms with Gasteiger partial charge in [-0.2, -0.15) is 0 Å². The van der Waals surface area contributed by atoms with Gasteiger partial charge in [-0.05, 0) is 38.5 Å². The number of carbonyl (C=O) groups is 2. The Balaban J connectivity index is 2.25. The molecule has 1 aliphatic rings. The van der Waals surface area contributed by atoms with Gasteiger partial charge in [0.1, 0.15) is 11.4 Å². The molecular weight excluding hydrogens is 334 g/mol. The number of halogens is 1. The molecule has 1 saturated heterocycles. The van der Waals surface area contributed by atoms with Gasteiger partial charge in [-0.25, -0.2) is 4.79 Å². The van der Waals surface area contributed by atoms with Crippen molar-refractivity contribution in [2.24, 2.45) is 5.92 Å². The van der Waals surface area contributed by atoms with Crippen molar-refractivity contribution >= 4 is 23.7 Å². The number of carbonyl (C=O) groups excluding carboxylic acids is 1. The first kappa shape index (κ1) is 18.4. The highest BCUT2D eigenvalue weighted by Crippen LogP contribution is 2.37. The van der Waals surface area contributed by atoms with Crippen LogP contribution in [0.3, 0.4) is 0 Å². The van der Waals surface area contributed by atoms with Gasteiger partial charge in [0.25, 0.3) is 0 Å². The van der Waals surface area contributed by atoms with Crippen molar-refractivity contribution in [1.29, 1.82) is 0 Å². The zero-order valence-corrected chi connectivity index (χ0v) is 15.0. The zero-order chi connectivity index (χ0) is 18.1. The molecule has 1 fully saturated rings. The largest absolute Gasteiger partial charge is 0.495 e. The minimum absolute atomic E-state index is 0.111. The summed E-state index contributed by atoms with van der Waals surface area (Å²) in [5.41, 5.74) is 0.145. The maximum absolute atomic E-state index is 12.2. The van der Waals surface area contributed by atoms with Crippen LogP contribution in [0.5, 0.6) is 5.75 Å². The van der Waals surface area contributed by atoms with Gasteiger partial charge in [-0.15, -0.1) is 0 Å². The Kier molecular flexibility index (Phi) is 5.28. The number of likely N-dealkylation sites (tertiary alicyclic amines) is 1. The molecule has 6 nitrogen and oxygen atoms in total. The Bertz CT molecular complexity index is 640. The summed E-state index contributed by atoms with van der Waals surface area (Å²) in [6.07, 6.45) is -0.503. The first-order valence-corrected chi connectivity index (χ1v) is 8.04. The van der Waals surface area contributed by atoms with Crippen molar-refractivity contribution in [1.82, 2.24) is 4.90 Å². The molecule has 2 atom stereocenters. The summed E-state index contributed by atoms with van der Waals surface area (Å²) in [7, 11) is 1.50. The first-order chi connectivity index (χ1) is 11.1. The summed E-state index contributed by atoms with van der Waals surface area (Å²) in [5, 5.41) is 9.98. The second-order valence-corrected chi connectivity index (χ2v) is 7.24. The van der Waals surface area contributed by atoms with Crippen LogP contribution in [0.1, 0.15) is 32.3 Å². The van der Waals surface area contributed by atoms with Crippen LogP contribution in [0, 0.1) is 5.92 Å². The van der Waals surface area contributed by atoms with E-state index in [9.17, 15) is 14.7 Å². The van der Waals surface area contributed by atoms with E-state index in [0.717, 1.165) is 5.56 Å². The van der Waals surface area contributed by atoms with E-state index in [4.69, 9.17) is 21.1 Å². The van der Waals surface area contributed by atoms with E-state index in [0.29, 0.717) is 10.8 Å². The van der Waals surface area contributed by atoms with Crippen molar-refractivity contribution in [3.63, 3.8) is 0 Å². The van der Waals surface area contributed by atoms with E-state index in [-0.39, 0.29) is 19.0 Å². The van der Waals surface area contributed by atoms with Gasteiger partial charge < -0.3 is 19.5 Å². The molecule has 1 aromatic rings. The van der Waals surface area contributed by atoms with Crippen LogP contribution in [0.25, 0.3) is 0 Å². The zero-order valence-electron chi connectivity index (χ0n) is 14.2. The SMILES string of the molecule is COc1cc(C2CN(C(=O)OC(C)(C)C)CC2C(=O)O)ccc1Cl. The molecule has 0 aromatic heterocycles. The number of benzene rings is 1. The van der Waals surface area contributed by atoms with Gasteiger partial charge in [-0.1, -0.05) is 17.7 Å². The number of carboxylic acid groups (broad SMARTS) is 1. The van der Waals surface area contributed by atoms with Crippen LogP contribution in [0.2, 0.25) is 5.02 Å². The normalized spacial score (nSPS) is 20.8. The van der Waals surface area contributed by atoms with Crippen LogP contribution in [0.15, 0.2) is 18.2 Å². The molecule has 0 bridgehead atoms. The lowest BCUT2D eigenvalue weighted by atomic mass is 9.89. The topological polar surface area (TPSA) is 76.1 Å². The molecule has 1 aromatic carbocycles. The Morgan fingerprint density at radius 3 is 2.50 bits per heavy atom. The van der Waals surface area contributed by atoms with Gasteiger partial charge in [0.15, 0.2) is 0 Å². The van der Waals surface area contributed by atoms with E-state index in [1.165, 1.54) is 12.0 Å². The number of hydrogen-bond donors (Lipinski definition) is 1. The van der Waals surface area contributed by atoms with Crippen LogP contribution >= 0.6 is 11.6 Å². The molecule has 1 aliphatic heterocycles. The second-order valence-electron chi connectivity index (χ2n) is 6.83. The average Bonchev–Trinajstić information content (AvgIpc) is 2.91. The predicted molar refractivity (Wildman–Crippen MR) is 89.7 cm³/mol. The van der Waals surface area contributed by atoms with Gasteiger partial charge in [0.05, 0.1) is 18.1 Å². The molecular formula is C17H22ClNO5. The second kappa shape index (κ2) is 6.89. The molecule has 24 heavy (non-hydrogen) atoms. The Morgan fingerprint density at radius 1 is 1.29 bits per heavy atom. The smallest absolute Gasteiger partial charge is 0.410 e. The third-order valence-electron chi connectivity index (χ3n) is 3.89. The van der Waals surface area contributed by atoms with Crippen molar-refractivity contribution < 1.29 is 24.2 Å². The fraction of sp³-hybridized carbons (Fsp3) is 0.529. The van der Waals surface area contributed by atoms with Gasteiger partial charge >= 0.3 is 12.1 Å². The van der Waals surface area contributed by atoms with Gasteiger partial charge in [0.2, 0.25) is 0 Å². The summed E-state index contributed by atoms with van der Waals surface area (Å²) < 4.78 is 10.5. The standard InChI is InChI=1S/C17H22ClNO5/c1-17(2,3)24-16(22)19-8-11(12(9-19)15(20)21)10-5-6-13(18)14(7-10)23-4/h5-7,11-12H,8-9H2,1-4H3,(H,20,21). The molecule has 0 radical (unpaired) electrons. The minimum Gasteiger partial charge on any atom is -0.495 e. The molecule has 2 unspecified atom stereocenters.